The first-order valence-corrected chi connectivity index (χ1v) is 5.77. The molecule has 4 nitrogen and oxygen atoms in total. The highest BCUT2D eigenvalue weighted by atomic mass is 15.1. The topological polar surface area (TPSA) is 63.3 Å². The molecule has 0 bridgehead atoms. The van der Waals surface area contributed by atoms with Crippen LogP contribution in [-0.2, 0) is 6.54 Å². The Morgan fingerprint density at radius 3 is 3.06 bits per heavy atom. The van der Waals surface area contributed by atoms with Gasteiger partial charge in [-0.05, 0) is 30.4 Å². The van der Waals surface area contributed by atoms with Crippen molar-refractivity contribution in [2.75, 3.05) is 6.54 Å². The molecule has 2 rings (SSSR count). The van der Waals surface area contributed by atoms with Gasteiger partial charge in [0.2, 0.25) is 0 Å². The Morgan fingerprint density at radius 2 is 2.44 bits per heavy atom. The zero-order valence-corrected chi connectivity index (χ0v) is 9.39. The fourth-order valence-corrected chi connectivity index (χ4v) is 1.67. The van der Waals surface area contributed by atoms with Gasteiger partial charge in [-0.3, -0.25) is 4.98 Å². The third-order valence-electron chi connectivity index (χ3n) is 2.95. The molecule has 1 saturated carbocycles. The van der Waals surface area contributed by atoms with Crippen molar-refractivity contribution in [2.24, 2.45) is 16.6 Å². The van der Waals surface area contributed by atoms with E-state index in [1.54, 1.807) is 6.20 Å². The SMILES string of the molecule is NC(=NCc1cccnc1)NCC1CCC1. The molecule has 1 heterocycles. The molecular weight excluding hydrogens is 200 g/mol. The third-order valence-corrected chi connectivity index (χ3v) is 2.95. The van der Waals surface area contributed by atoms with Gasteiger partial charge >= 0.3 is 0 Å². The first-order valence-electron chi connectivity index (χ1n) is 5.77. The molecule has 1 fully saturated rings. The number of hydrogen-bond acceptors (Lipinski definition) is 2. The molecule has 1 aromatic heterocycles. The molecule has 0 radical (unpaired) electrons. The molecular formula is C12H18N4. The summed E-state index contributed by atoms with van der Waals surface area (Å²) < 4.78 is 0. The summed E-state index contributed by atoms with van der Waals surface area (Å²) >= 11 is 0. The average molecular weight is 218 g/mol. The first kappa shape index (κ1) is 10.9. The minimum absolute atomic E-state index is 0.538. The van der Waals surface area contributed by atoms with Crippen LogP contribution in [0.2, 0.25) is 0 Å². The van der Waals surface area contributed by atoms with E-state index in [0.717, 1.165) is 18.0 Å². The Kier molecular flexibility index (Phi) is 3.75. The van der Waals surface area contributed by atoms with Crippen LogP contribution in [-0.4, -0.2) is 17.5 Å². The van der Waals surface area contributed by atoms with Gasteiger partial charge in [0.1, 0.15) is 0 Å². The monoisotopic (exact) mass is 218 g/mol. The molecule has 0 spiro atoms. The first-order chi connectivity index (χ1) is 7.84. The van der Waals surface area contributed by atoms with Crippen LogP contribution in [0.1, 0.15) is 24.8 Å². The summed E-state index contributed by atoms with van der Waals surface area (Å²) in [6.07, 6.45) is 7.57. The Labute approximate surface area is 96.0 Å². The summed E-state index contributed by atoms with van der Waals surface area (Å²) in [6, 6.07) is 3.90. The maximum absolute atomic E-state index is 5.77. The number of aromatic nitrogens is 1. The molecule has 1 aliphatic rings. The van der Waals surface area contributed by atoms with E-state index in [0.29, 0.717) is 12.5 Å². The quantitative estimate of drug-likeness (QED) is 0.591. The maximum atomic E-state index is 5.77. The van der Waals surface area contributed by atoms with Crippen LogP contribution in [0.25, 0.3) is 0 Å². The van der Waals surface area contributed by atoms with Crippen molar-refractivity contribution in [3.8, 4) is 0 Å². The summed E-state index contributed by atoms with van der Waals surface area (Å²) in [4.78, 5) is 8.30. The van der Waals surface area contributed by atoms with Gasteiger partial charge in [0.15, 0.2) is 5.96 Å². The summed E-state index contributed by atoms with van der Waals surface area (Å²) in [5.41, 5.74) is 6.85. The number of pyridine rings is 1. The standard InChI is InChI=1S/C12H18N4/c13-12(15-8-10-3-1-4-10)16-9-11-5-2-6-14-7-11/h2,5-7,10H,1,3-4,8-9H2,(H3,13,15,16). The molecule has 1 aliphatic carbocycles. The predicted octanol–water partition coefficient (Wildman–Crippen LogP) is 1.29. The fourth-order valence-electron chi connectivity index (χ4n) is 1.67. The van der Waals surface area contributed by atoms with Crippen LogP contribution in [0, 0.1) is 5.92 Å². The highest BCUT2D eigenvalue weighted by Crippen LogP contribution is 2.24. The normalized spacial score (nSPS) is 16.9. The lowest BCUT2D eigenvalue weighted by Gasteiger charge is -2.25. The molecule has 4 heteroatoms. The number of guanidine groups is 1. The number of rotatable bonds is 4. The van der Waals surface area contributed by atoms with Gasteiger partial charge < -0.3 is 11.1 Å². The fraction of sp³-hybridized carbons (Fsp3) is 0.500. The number of nitrogens with one attached hydrogen (secondary N) is 1. The second-order valence-electron chi connectivity index (χ2n) is 4.24. The molecule has 0 atom stereocenters. The zero-order chi connectivity index (χ0) is 11.2. The summed E-state index contributed by atoms with van der Waals surface area (Å²) in [5.74, 6) is 1.34. The Morgan fingerprint density at radius 1 is 1.56 bits per heavy atom. The molecule has 0 aromatic carbocycles. The van der Waals surface area contributed by atoms with Gasteiger partial charge in [-0.1, -0.05) is 12.5 Å². The van der Waals surface area contributed by atoms with E-state index in [-0.39, 0.29) is 0 Å². The van der Waals surface area contributed by atoms with Gasteiger partial charge in [-0.25, -0.2) is 4.99 Å². The van der Waals surface area contributed by atoms with Crippen LogP contribution in [0.5, 0.6) is 0 Å². The highest BCUT2D eigenvalue weighted by molar-refractivity contribution is 5.77. The van der Waals surface area contributed by atoms with Crippen LogP contribution in [0.4, 0.5) is 0 Å². The molecule has 86 valence electrons. The average Bonchev–Trinajstić information content (AvgIpc) is 2.26. The van der Waals surface area contributed by atoms with Crippen molar-refractivity contribution in [2.45, 2.75) is 25.8 Å². The van der Waals surface area contributed by atoms with E-state index in [9.17, 15) is 0 Å². The van der Waals surface area contributed by atoms with Gasteiger partial charge in [-0.2, -0.15) is 0 Å². The van der Waals surface area contributed by atoms with Crippen molar-refractivity contribution >= 4 is 5.96 Å². The van der Waals surface area contributed by atoms with E-state index >= 15 is 0 Å². The van der Waals surface area contributed by atoms with E-state index in [1.165, 1.54) is 19.3 Å². The summed E-state index contributed by atoms with van der Waals surface area (Å²) in [5, 5.41) is 3.16. The van der Waals surface area contributed by atoms with Crippen LogP contribution >= 0.6 is 0 Å². The molecule has 0 saturated heterocycles. The zero-order valence-electron chi connectivity index (χ0n) is 9.39. The van der Waals surface area contributed by atoms with Crippen LogP contribution in [0.3, 0.4) is 0 Å². The van der Waals surface area contributed by atoms with E-state index < -0.39 is 0 Å². The van der Waals surface area contributed by atoms with Crippen molar-refractivity contribution < 1.29 is 0 Å². The lowest BCUT2D eigenvalue weighted by atomic mass is 9.85. The Hall–Kier alpha value is -1.58. The second-order valence-corrected chi connectivity index (χ2v) is 4.24. The third kappa shape index (κ3) is 3.22. The van der Waals surface area contributed by atoms with Crippen molar-refractivity contribution in [1.82, 2.24) is 10.3 Å². The smallest absolute Gasteiger partial charge is 0.188 e. The molecule has 3 N–H and O–H groups in total. The van der Waals surface area contributed by atoms with Gasteiger partial charge in [-0.15, -0.1) is 0 Å². The van der Waals surface area contributed by atoms with Crippen molar-refractivity contribution in [3.05, 3.63) is 30.1 Å². The molecule has 0 aliphatic heterocycles. The number of nitrogens with zero attached hydrogens (tertiary/aromatic N) is 2. The van der Waals surface area contributed by atoms with Crippen molar-refractivity contribution in [1.29, 1.82) is 0 Å². The number of nitrogens with two attached hydrogens (primary N) is 1. The summed E-state index contributed by atoms with van der Waals surface area (Å²) in [7, 11) is 0. The van der Waals surface area contributed by atoms with E-state index in [2.05, 4.69) is 15.3 Å². The predicted molar refractivity (Wildman–Crippen MR) is 64.9 cm³/mol. The van der Waals surface area contributed by atoms with Crippen LogP contribution < -0.4 is 11.1 Å². The second kappa shape index (κ2) is 5.49. The van der Waals surface area contributed by atoms with Gasteiger partial charge in [0.25, 0.3) is 0 Å². The lowest BCUT2D eigenvalue weighted by Crippen LogP contribution is -2.37. The van der Waals surface area contributed by atoms with Gasteiger partial charge in [0.05, 0.1) is 6.54 Å². The van der Waals surface area contributed by atoms with Crippen LogP contribution in [0.15, 0.2) is 29.5 Å². The van der Waals surface area contributed by atoms with Gasteiger partial charge in [0, 0.05) is 18.9 Å². The Bertz CT molecular complexity index is 343. The lowest BCUT2D eigenvalue weighted by molar-refractivity contribution is 0.315. The summed E-state index contributed by atoms with van der Waals surface area (Å²) in [6.45, 7) is 1.56. The minimum atomic E-state index is 0.538. The Balaban J connectivity index is 1.73. The maximum Gasteiger partial charge on any atom is 0.188 e. The number of hydrogen-bond donors (Lipinski definition) is 2. The minimum Gasteiger partial charge on any atom is -0.370 e. The molecule has 0 unspecified atom stereocenters. The molecule has 0 amide bonds. The largest absolute Gasteiger partial charge is 0.370 e. The van der Waals surface area contributed by atoms with E-state index in [4.69, 9.17) is 5.73 Å². The molecule has 16 heavy (non-hydrogen) atoms. The van der Waals surface area contributed by atoms with Crippen molar-refractivity contribution in [3.63, 3.8) is 0 Å². The highest BCUT2D eigenvalue weighted by Gasteiger charge is 2.16. The molecule has 1 aromatic rings. The van der Waals surface area contributed by atoms with E-state index in [1.807, 2.05) is 18.3 Å². The number of aliphatic imine (C=N–C) groups is 1.